The fourth-order valence-corrected chi connectivity index (χ4v) is 3.52. The zero-order chi connectivity index (χ0) is 19.3. The Bertz CT molecular complexity index is 498. The van der Waals surface area contributed by atoms with Crippen LogP contribution in [0.3, 0.4) is 0 Å². The minimum Gasteiger partial charge on any atom is -0.481 e. The summed E-state index contributed by atoms with van der Waals surface area (Å²) < 4.78 is 0. The molecule has 0 saturated heterocycles. The number of hydrogen-bond acceptors (Lipinski definition) is 4. The Hall–Kier alpha value is -2.12. The molecule has 0 rings (SSSR count). The van der Waals surface area contributed by atoms with Gasteiger partial charge in [0.15, 0.2) is 0 Å². The molecule has 0 aromatic heterocycles. The zero-order valence-electron chi connectivity index (χ0n) is 14.5. The first-order chi connectivity index (χ1) is 10.9. The predicted octanol–water partition coefficient (Wildman–Crippen LogP) is 2.31. The van der Waals surface area contributed by atoms with E-state index in [-0.39, 0.29) is 32.1 Å². The number of rotatable bonds is 11. The molecule has 0 radical (unpaired) electrons. The third-order valence-corrected chi connectivity index (χ3v) is 5.55. The Morgan fingerprint density at radius 3 is 1.33 bits per heavy atom. The smallest absolute Gasteiger partial charge is 0.311 e. The molecule has 8 nitrogen and oxygen atoms in total. The van der Waals surface area contributed by atoms with Gasteiger partial charge in [-0.1, -0.05) is 13.8 Å². The quantitative estimate of drug-likeness (QED) is 0.445. The minimum atomic E-state index is -2.16. The maximum Gasteiger partial charge on any atom is 0.311 e. The van der Waals surface area contributed by atoms with Crippen molar-refractivity contribution >= 4 is 23.9 Å². The van der Waals surface area contributed by atoms with Gasteiger partial charge in [0.05, 0.1) is 16.2 Å². The Kier molecular flexibility index (Phi) is 6.96. The molecule has 0 saturated carbocycles. The fraction of sp³-hybridized carbons (Fsp3) is 0.750. The molecule has 0 heterocycles. The van der Waals surface area contributed by atoms with Gasteiger partial charge in [0, 0.05) is 6.42 Å². The topological polar surface area (TPSA) is 149 Å². The first-order valence-corrected chi connectivity index (χ1v) is 7.79. The van der Waals surface area contributed by atoms with Gasteiger partial charge in [-0.15, -0.1) is 0 Å². The summed E-state index contributed by atoms with van der Waals surface area (Å²) in [5.41, 5.74) is -5.91. The molecular formula is C16H26O8. The third-order valence-electron chi connectivity index (χ3n) is 5.55. The number of aliphatic carboxylic acids is 4. The van der Waals surface area contributed by atoms with Gasteiger partial charge in [-0.2, -0.15) is 0 Å². The lowest BCUT2D eigenvalue weighted by atomic mass is 9.48. The summed E-state index contributed by atoms with van der Waals surface area (Å²) in [7, 11) is 0. The van der Waals surface area contributed by atoms with Crippen molar-refractivity contribution in [1.29, 1.82) is 0 Å². The highest BCUT2D eigenvalue weighted by Gasteiger charge is 2.68. The monoisotopic (exact) mass is 346 g/mol. The molecule has 0 aliphatic rings. The fourth-order valence-electron chi connectivity index (χ4n) is 3.52. The van der Waals surface area contributed by atoms with E-state index in [4.69, 9.17) is 5.11 Å². The normalized spacial score (nSPS) is 18.7. The van der Waals surface area contributed by atoms with Crippen LogP contribution in [0.4, 0.5) is 0 Å². The van der Waals surface area contributed by atoms with Gasteiger partial charge in [0.25, 0.3) is 0 Å². The van der Waals surface area contributed by atoms with Crippen LogP contribution >= 0.6 is 0 Å². The molecule has 0 spiro atoms. The van der Waals surface area contributed by atoms with Gasteiger partial charge in [-0.3, -0.25) is 19.2 Å². The van der Waals surface area contributed by atoms with E-state index in [1.807, 2.05) is 0 Å². The van der Waals surface area contributed by atoms with E-state index in [2.05, 4.69) is 0 Å². The van der Waals surface area contributed by atoms with E-state index in [1.165, 1.54) is 27.7 Å². The van der Waals surface area contributed by atoms with Crippen molar-refractivity contribution in [2.24, 2.45) is 16.2 Å². The van der Waals surface area contributed by atoms with Crippen molar-refractivity contribution in [3.8, 4) is 0 Å². The molecule has 0 aromatic rings. The second-order valence-electron chi connectivity index (χ2n) is 6.44. The molecule has 0 aliphatic heterocycles. The predicted molar refractivity (Wildman–Crippen MR) is 83.6 cm³/mol. The molecule has 4 N–H and O–H groups in total. The van der Waals surface area contributed by atoms with Crippen molar-refractivity contribution in [2.75, 3.05) is 0 Å². The molecule has 0 aromatic carbocycles. The molecule has 2 unspecified atom stereocenters. The van der Waals surface area contributed by atoms with Crippen LogP contribution in [0.2, 0.25) is 0 Å². The Morgan fingerprint density at radius 2 is 1.12 bits per heavy atom. The van der Waals surface area contributed by atoms with E-state index in [0.717, 1.165) is 0 Å². The van der Waals surface area contributed by atoms with Gasteiger partial charge in [-0.05, 0) is 39.5 Å². The number of carbonyl (C=O) groups is 4. The third kappa shape index (κ3) is 3.22. The van der Waals surface area contributed by atoms with Crippen LogP contribution in [0.25, 0.3) is 0 Å². The second-order valence-corrected chi connectivity index (χ2v) is 6.44. The summed E-state index contributed by atoms with van der Waals surface area (Å²) in [5, 5.41) is 38.1. The van der Waals surface area contributed by atoms with Crippen molar-refractivity contribution in [3.63, 3.8) is 0 Å². The second kappa shape index (κ2) is 7.63. The van der Waals surface area contributed by atoms with Gasteiger partial charge >= 0.3 is 23.9 Å². The highest BCUT2D eigenvalue weighted by Crippen LogP contribution is 2.58. The van der Waals surface area contributed by atoms with Crippen LogP contribution in [0.5, 0.6) is 0 Å². The number of carboxylic acid groups (broad SMARTS) is 4. The average Bonchev–Trinajstić information content (AvgIpc) is 2.48. The molecule has 0 amide bonds. The molecule has 2 atom stereocenters. The summed E-state index contributed by atoms with van der Waals surface area (Å²) in [4.78, 5) is 46.9. The summed E-state index contributed by atoms with van der Waals surface area (Å²) in [6.07, 6.45) is -1.07. The Morgan fingerprint density at radius 1 is 0.750 bits per heavy atom. The largest absolute Gasteiger partial charge is 0.481 e. The van der Waals surface area contributed by atoms with Crippen LogP contribution in [-0.4, -0.2) is 44.3 Å². The lowest BCUT2D eigenvalue weighted by Gasteiger charge is -2.51. The molecular weight excluding hydrogens is 320 g/mol. The van der Waals surface area contributed by atoms with Crippen molar-refractivity contribution < 1.29 is 39.6 Å². The van der Waals surface area contributed by atoms with Crippen molar-refractivity contribution in [3.05, 3.63) is 0 Å². The number of carboxylic acids is 4. The summed E-state index contributed by atoms with van der Waals surface area (Å²) in [6.45, 7) is 5.42. The molecule has 0 aliphatic carbocycles. The van der Waals surface area contributed by atoms with Gasteiger partial charge in [-0.25, -0.2) is 0 Å². The maximum atomic E-state index is 12.2. The lowest BCUT2D eigenvalue weighted by Crippen LogP contribution is -2.61. The average molecular weight is 346 g/mol. The summed E-state index contributed by atoms with van der Waals surface area (Å²) >= 11 is 0. The SMILES string of the molecule is CCC(C)(C(=O)O)C(CCCC(=O)O)(C(=O)O)C(C)(CC)C(=O)O. The summed E-state index contributed by atoms with van der Waals surface area (Å²) in [6, 6.07) is 0. The molecule has 0 fully saturated rings. The first-order valence-electron chi connectivity index (χ1n) is 7.79. The maximum absolute atomic E-state index is 12.2. The van der Waals surface area contributed by atoms with Crippen LogP contribution in [0.15, 0.2) is 0 Å². The zero-order valence-corrected chi connectivity index (χ0v) is 14.5. The van der Waals surface area contributed by atoms with Crippen LogP contribution < -0.4 is 0 Å². The summed E-state index contributed by atoms with van der Waals surface area (Å²) in [5.74, 6) is -5.52. The van der Waals surface area contributed by atoms with E-state index in [9.17, 15) is 34.5 Å². The minimum absolute atomic E-state index is 0.107. The van der Waals surface area contributed by atoms with Crippen molar-refractivity contribution in [1.82, 2.24) is 0 Å². The Labute approximate surface area is 140 Å². The van der Waals surface area contributed by atoms with E-state index < -0.39 is 40.1 Å². The van der Waals surface area contributed by atoms with Crippen LogP contribution in [0, 0.1) is 16.2 Å². The van der Waals surface area contributed by atoms with E-state index in [1.54, 1.807) is 0 Å². The molecule has 0 bridgehead atoms. The standard InChI is InChI=1S/C16H26O8/c1-5-14(3,11(19)20)16(13(23)24,9-7-8-10(17)18)15(4,6-2)12(21)22/h5-9H2,1-4H3,(H,17,18)(H,19,20)(H,21,22)(H,23,24). The van der Waals surface area contributed by atoms with E-state index in [0.29, 0.717) is 0 Å². The van der Waals surface area contributed by atoms with Crippen molar-refractivity contribution in [2.45, 2.75) is 59.8 Å². The van der Waals surface area contributed by atoms with Gasteiger partial charge in [0.2, 0.25) is 0 Å². The highest BCUT2D eigenvalue weighted by molar-refractivity contribution is 5.92. The van der Waals surface area contributed by atoms with Crippen LogP contribution in [-0.2, 0) is 19.2 Å². The first kappa shape index (κ1) is 21.9. The van der Waals surface area contributed by atoms with Gasteiger partial charge in [0.1, 0.15) is 0 Å². The highest BCUT2D eigenvalue weighted by atomic mass is 16.4. The Balaban J connectivity index is 6.60. The molecule has 138 valence electrons. The molecule has 8 heteroatoms. The van der Waals surface area contributed by atoms with Crippen LogP contribution in [0.1, 0.15) is 59.8 Å². The van der Waals surface area contributed by atoms with Gasteiger partial charge < -0.3 is 20.4 Å². The number of hydrogen-bond donors (Lipinski definition) is 4. The molecule has 24 heavy (non-hydrogen) atoms. The van der Waals surface area contributed by atoms with E-state index >= 15 is 0 Å². The lowest BCUT2D eigenvalue weighted by molar-refractivity contribution is -0.198.